The third-order valence-corrected chi connectivity index (χ3v) is 8.11. The molecule has 1 amide bonds. The Morgan fingerprint density at radius 2 is 1.85 bits per heavy atom. The van der Waals surface area contributed by atoms with E-state index >= 15 is 0 Å². The first-order chi connectivity index (χ1) is 12.4. The highest BCUT2D eigenvalue weighted by atomic mass is 32.2. The van der Waals surface area contributed by atoms with Crippen molar-refractivity contribution in [2.75, 3.05) is 18.4 Å². The van der Waals surface area contributed by atoms with Gasteiger partial charge in [-0.1, -0.05) is 6.92 Å². The van der Waals surface area contributed by atoms with E-state index in [0.29, 0.717) is 35.8 Å². The van der Waals surface area contributed by atoms with Gasteiger partial charge in [0.15, 0.2) is 0 Å². The van der Waals surface area contributed by atoms with Gasteiger partial charge < -0.3 is 5.32 Å². The lowest BCUT2D eigenvalue weighted by molar-refractivity contribution is -0.120. The van der Waals surface area contributed by atoms with E-state index in [1.54, 1.807) is 6.07 Å². The number of amides is 1. The maximum Gasteiger partial charge on any atom is 0.252 e. The molecule has 1 aromatic carbocycles. The van der Waals surface area contributed by atoms with Gasteiger partial charge in [-0.3, -0.25) is 4.79 Å². The Kier molecular flexibility index (Phi) is 5.74. The lowest BCUT2D eigenvalue weighted by Crippen LogP contribution is -2.41. The number of nitrogens with zero attached hydrogens (tertiary/aromatic N) is 1. The van der Waals surface area contributed by atoms with Crippen molar-refractivity contribution < 1.29 is 17.6 Å². The zero-order valence-corrected chi connectivity index (χ0v) is 16.1. The highest BCUT2D eigenvalue weighted by Crippen LogP contribution is 2.29. The summed E-state index contributed by atoms with van der Waals surface area (Å²) in [5.74, 6) is -0.764. The van der Waals surface area contributed by atoms with Crippen LogP contribution in [0.15, 0.2) is 40.6 Å². The molecule has 0 radical (unpaired) electrons. The van der Waals surface area contributed by atoms with Crippen molar-refractivity contribution >= 4 is 33.0 Å². The molecule has 5 nitrogen and oxygen atoms in total. The summed E-state index contributed by atoms with van der Waals surface area (Å²) in [6, 6.07) is 9.10. The van der Waals surface area contributed by atoms with Crippen molar-refractivity contribution in [3.63, 3.8) is 0 Å². The Morgan fingerprint density at radius 1 is 1.19 bits per heavy atom. The molecule has 8 heteroatoms. The molecule has 1 aromatic heterocycles. The normalized spacial score (nSPS) is 16.5. The number of hydrogen-bond donors (Lipinski definition) is 1. The van der Waals surface area contributed by atoms with E-state index in [4.69, 9.17) is 0 Å². The zero-order chi connectivity index (χ0) is 18.7. The minimum Gasteiger partial charge on any atom is -0.326 e. The summed E-state index contributed by atoms with van der Waals surface area (Å²) in [5, 5.41) is 2.76. The Hall–Kier alpha value is -1.77. The number of carbonyl (C=O) groups excluding carboxylic acids is 1. The molecule has 1 fully saturated rings. The Balaban J connectivity index is 1.59. The summed E-state index contributed by atoms with van der Waals surface area (Å²) in [6.45, 7) is 2.64. The Morgan fingerprint density at radius 3 is 2.42 bits per heavy atom. The second kappa shape index (κ2) is 7.85. The van der Waals surface area contributed by atoms with Crippen molar-refractivity contribution in [3.05, 3.63) is 47.1 Å². The summed E-state index contributed by atoms with van der Waals surface area (Å²) in [7, 11) is -3.49. The molecule has 0 spiro atoms. The molecule has 26 heavy (non-hydrogen) atoms. The van der Waals surface area contributed by atoms with E-state index in [9.17, 15) is 17.6 Å². The predicted octanol–water partition coefficient (Wildman–Crippen LogP) is 3.49. The number of piperidine rings is 1. The van der Waals surface area contributed by atoms with Crippen LogP contribution in [0, 0.1) is 11.7 Å². The van der Waals surface area contributed by atoms with Crippen molar-refractivity contribution in [2.45, 2.75) is 30.4 Å². The first-order valence-electron chi connectivity index (χ1n) is 8.55. The third-order valence-electron chi connectivity index (χ3n) is 4.52. The first kappa shape index (κ1) is 19.0. The molecule has 1 aliphatic heterocycles. The van der Waals surface area contributed by atoms with E-state index in [1.165, 1.54) is 39.9 Å². The van der Waals surface area contributed by atoms with Crippen LogP contribution in [0.3, 0.4) is 0 Å². The number of carbonyl (C=O) groups is 1. The molecule has 0 saturated carbocycles. The van der Waals surface area contributed by atoms with Crippen LogP contribution < -0.4 is 5.32 Å². The predicted molar refractivity (Wildman–Crippen MR) is 100 cm³/mol. The largest absolute Gasteiger partial charge is 0.326 e. The molecule has 1 N–H and O–H groups in total. The minimum atomic E-state index is -3.49. The van der Waals surface area contributed by atoms with E-state index in [1.807, 2.05) is 13.0 Å². The van der Waals surface area contributed by atoms with Crippen molar-refractivity contribution in [3.8, 4) is 0 Å². The molecule has 1 aliphatic rings. The molecular weight excluding hydrogens is 375 g/mol. The summed E-state index contributed by atoms with van der Waals surface area (Å²) in [5.41, 5.74) is 0.539. The number of benzene rings is 1. The van der Waals surface area contributed by atoms with Gasteiger partial charge in [-0.2, -0.15) is 4.31 Å². The van der Waals surface area contributed by atoms with Crippen LogP contribution >= 0.6 is 11.3 Å². The summed E-state index contributed by atoms with van der Waals surface area (Å²) >= 11 is 1.30. The highest BCUT2D eigenvalue weighted by molar-refractivity contribution is 7.91. The lowest BCUT2D eigenvalue weighted by atomic mass is 9.97. The van der Waals surface area contributed by atoms with Gasteiger partial charge in [0.25, 0.3) is 10.0 Å². The summed E-state index contributed by atoms with van der Waals surface area (Å²) < 4.78 is 40.2. The number of nitrogens with one attached hydrogen (secondary N) is 1. The van der Waals surface area contributed by atoms with Crippen LogP contribution in [0.25, 0.3) is 0 Å². The topological polar surface area (TPSA) is 66.5 Å². The summed E-state index contributed by atoms with van der Waals surface area (Å²) in [6.07, 6.45) is 1.75. The van der Waals surface area contributed by atoms with Crippen molar-refractivity contribution in [1.29, 1.82) is 0 Å². The monoisotopic (exact) mass is 396 g/mol. The maximum absolute atomic E-state index is 12.9. The fourth-order valence-corrected chi connectivity index (χ4v) is 5.87. The third kappa shape index (κ3) is 4.13. The van der Waals surface area contributed by atoms with E-state index in [0.717, 1.165) is 11.3 Å². The van der Waals surface area contributed by atoms with Crippen LogP contribution in [0.2, 0.25) is 0 Å². The fourth-order valence-electron chi connectivity index (χ4n) is 2.95. The quantitative estimate of drug-likeness (QED) is 0.841. The van der Waals surface area contributed by atoms with Crippen LogP contribution in [-0.2, 0) is 21.2 Å². The number of sulfonamides is 1. The van der Waals surface area contributed by atoms with Gasteiger partial charge in [0.05, 0.1) is 0 Å². The number of thiophene rings is 1. The molecule has 0 bridgehead atoms. The number of aryl methyl sites for hydroxylation is 1. The summed E-state index contributed by atoms with van der Waals surface area (Å²) in [4.78, 5) is 13.4. The number of hydrogen-bond acceptors (Lipinski definition) is 4. The number of halogens is 1. The van der Waals surface area contributed by atoms with Crippen LogP contribution in [-0.4, -0.2) is 31.7 Å². The van der Waals surface area contributed by atoms with E-state index in [-0.39, 0.29) is 17.6 Å². The average Bonchev–Trinajstić information content (AvgIpc) is 3.14. The molecule has 2 aromatic rings. The van der Waals surface area contributed by atoms with Crippen molar-refractivity contribution in [2.24, 2.45) is 5.92 Å². The zero-order valence-electron chi connectivity index (χ0n) is 14.4. The first-order valence-corrected chi connectivity index (χ1v) is 10.8. The highest BCUT2D eigenvalue weighted by Gasteiger charge is 2.32. The molecule has 1 saturated heterocycles. The molecule has 2 heterocycles. The van der Waals surface area contributed by atoms with Crippen molar-refractivity contribution in [1.82, 2.24) is 4.31 Å². The van der Waals surface area contributed by atoms with Gasteiger partial charge in [0.1, 0.15) is 10.0 Å². The smallest absolute Gasteiger partial charge is 0.252 e. The van der Waals surface area contributed by atoms with Crippen LogP contribution in [0.4, 0.5) is 10.1 Å². The number of anilines is 1. The fraction of sp³-hybridized carbons (Fsp3) is 0.389. The lowest BCUT2D eigenvalue weighted by Gasteiger charge is -2.30. The second-order valence-electron chi connectivity index (χ2n) is 6.25. The van der Waals surface area contributed by atoms with Gasteiger partial charge >= 0.3 is 0 Å². The van der Waals surface area contributed by atoms with E-state index < -0.39 is 10.0 Å². The van der Waals surface area contributed by atoms with Gasteiger partial charge in [-0.15, -0.1) is 11.3 Å². The van der Waals surface area contributed by atoms with Crippen LogP contribution in [0.1, 0.15) is 24.6 Å². The minimum absolute atomic E-state index is 0.155. The second-order valence-corrected chi connectivity index (χ2v) is 9.58. The molecule has 0 unspecified atom stereocenters. The standard InChI is InChI=1S/C18H21FN2O3S2/c1-2-16-7-8-17(25-16)26(23,24)21-11-9-13(10-12-21)18(22)20-15-5-3-14(19)4-6-15/h3-8,13H,2,9-12H2,1H3,(H,20,22). The Labute approximate surface area is 156 Å². The SMILES string of the molecule is CCc1ccc(S(=O)(=O)N2CCC(C(=O)Nc3ccc(F)cc3)CC2)s1. The molecule has 0 atom stereocenters. The molecular formula is C18H21FN2O3S2. The molecule has 3 rings (SSSR count). The van der Waals surface area contributed by atoms with E-state index in [2.05, 4.69) is 5.32 Å². The van der Waals surface area contributed by atoms with Gasteiger partial charge in [-0.05, 0) is 55.7 Å². The van der Waals surface area contributed by atoms with Gasteiger partial charge in [-0.25, -0.2) is 12.8 Å². The maximum atomic E-state index is 12.9. The van der Waals surface area contributed by atoms with Gasteiger partial charge in [0.2, 0.25) is 5.91 Å². The molecule has 0 aliphatic carbocycles. The van der Waals surface area contributed by atoms with Crippen LogP contribution in [0.5, 0.6) is 0 Å². The number of rotatable bonds is 5. The Bertz CT molecular complexity index is 870. The van der Waals surface area contributed by atoms with Gasteiger partial charge in [0, 0.05) is 29.6 Å². The molecule has 140 valence electrons. The average molecular weight is 397 g/mol.